The maximum absolute atomic E-state index is 14.2. The van der Waals surface area contributed by atoms with Gasteiger partial charge in [-0.1, -0.05) is 12.1 Å². The first-order valence-corrected chi connectivity index (χ1v) is 13.4. The predicted molar refractivity (Wildman–Crippen MR) is 143 cm³/mol. The van der Waals surface area contributed by atoms with Crippen LogP contribution in [0.3, 0.4) is 0 Å². The Labute approximate surface area is 236 Å². The van der Waals surface area contributed by atoms with Gasteiger partial charge >= 0.3 is 18.0 Å². The lowest BCUT2D eigenvalue weighted by atomic mass is 9.91. The zero-order valence-electron chi connectivity index (χ0n) is 22.6. The number of nitrogens with one attached hydrogen (secondary N) is 2. The number of carbonyl (C=O) groups excluding carboxylic acids is 2. The van der Waals surface area contributed by atoms with E-state index in [1.807, 2.05) is 18.2 Å². The number of ether oxygens (including phenoxy) is 1. The SMILES string of the molecule is COCC1=C(CC(=O)O)C(c2ccc(F)c(F)c2)N(C(=O)NCCC[N+]2([O-])CCC(c3ccccn3)CC2)C(=O)N1. The molecule has 1 aromatic heterocycles. The first-order chi connectivity index (χ1) is 19.6. The van der Waals surface area contributed by atoms with Gasteiger partial charge in [-0.3, -0.25) is 9.78 Å². The Morgan fingerprint density at radius 1 is 1.22 bits per heavy atom. The minimum absolute atomic E-state index is 0.0126. The van der Waals surface area contributed by atoms with Gasteiger partial charge in [-0.2, -0.15) is 0 Å². The first-order valence-electron chi connectivity index (χ1n) is 13.4. The highest BCUT2D eigenvalue weighted by atomic mass is 19.2. The zero-order chi connectivity index (χ0) is 29.6. The summed E-state index contributed by atoms with van der Waals surface area (Å²) in [5, 5.41) is 27.9. The average molecular weight is 574 g/mol. The number of carboxylic acids is 1. The third-order valence-electron chi connectivity index (χ3n) is 7.46. The second-order valence-corrected chi connectivity index (χ2v) is 10.2. The highest BCUT2D eigenvalue weighted by molar-refractivity contribution is 5.96. The Bertz CT molecular complexity index is 1300. The molecule has 0 radical (unpaired) electrons. The molecule has 4 amide bonds. The molecule has 2 aliphatic heterocycles. The van der Waals surface area contributed by atoms with Crippen molar-refractivity contribution in [2.75, 3.05) is 39.9 Å². The van der Waals surface area contributed by atoms with E-state index in [1.165, 1.54) is 13.2 Å². The predicted octanol–water partition coefficient (Wildman–Crippen LogP) is 3.79. The smallest absolute Gasteiger partial charge is 0.330 e. The minimum atomic E-state index is -1.33. The van der Waals surface area contributed by atoms with E-state index < -0.39 is 46.8 Å². The van der Waals surface area contributed by atoms with Crippen LogP contribution in [0.5, 0.6) is 0 Å². The first kappa shape index (κ1) is 30.0. The van der Waals surface area contributed by atoms with Crippen molar-refractivity contribution >= 4 is 18.0 Å². The van der Waals surface area contributed by atoms with Crippen molar-refractivity contribution in [1.29, 1.82) is 0 Å². The molecule has 3 N–H and O–H groups in total. The number of nitrogens with zero attached hydrogens (tertiary/aromatic N) is 3. The van der Waals surface area contributed by atoms with E-state index in [1.54, 1.807) is 6.20 Å². The summed E-state index contributed by atoms with van der Waals surface area (Å²) < 4.78 is 32.6. The number of piperidine rings is 1. The third kappa shape index (κ3) is 7.23. The van der Waals surface area contributed by atoms with Crippen LogP contribution >= 0.6 is 0 Å². The molecule has 1 atom stereocenters. The molecule has 220 valence electrons. The molecule has 3 heterocycles. The number of aliphatic carboxylic acids is 1. The summed E-state index contributed by atoms with van der Waals surface area (Å²) in [6.45, 7) is 1.01. The molecule has 1 aromatic carbocycles. The van der Waals surface area contributed by atoms with Crippen LogP contribution in [0.1, 0.15) is 48.9 Å². The molecule has 41 heavy (non-hydrogen) atoms. The lowest BCUT2D eigenvalue weighted by Crippen LogP contribution is -2.55. The van der Waals surface area contributed by atoms with Gasteiger partial charge in [0.05, 0.1) is 38.7 Å². The highest BCUT2D eigenvalue weighted by Gasteiger charge is 2.40. The van der Waals surface area contributed by atoms with Gasteiger partial charge in [0.15, 0.2) is 11.6 Å². The molecule has 0 saturated carbocycles. The Morgan fingerprint density at radius 3 is 2.61 bits per heavy atom. The van der Waals surface area contributed by atoms with Gasteiger partial charge in [0.25, 0.3) is 0 Å². The number of imide groups is 1. The number of urea groups is 2. The number of methoxy groups -OCH3 is 1. The Kier molecular flexibility index (Phi) is 9.63. The summed E-state index contributed by atoms with van der Waals surface area (Å²) >= 11 is 0. The van der Waals surface area contributed by atoms with Crippen molar-refractivity contribution in [2.45, 2.75) is 37.6 Å². The van der Waals surface area contributed by atoms with E-state index >= 15 is 0 Å². The summed E-state index contributed by atoms with van der Waals surface area (Å²) in [4.78, 5) is 43.1. The Balaban J connectivity index is 1.44. The Hall–Kier alpha value is -3.94. The molecular weight excluding hydrogens is 540 g/mol. The van der Waals surface area contributed by atoms with Crippen molar-refractivity contribution in [3.63, 3.8) is 0 Å². The van der Waals surface area contributed by atoms with Crippen molar-refractivity contribution in [1.82, 2.24) is 20.5 Å². The molecule has 0 aliphatic carbocycles. The number of carboxylic acid groups (broad SMARTS) is 1. The van der Waals surface area contributed by atoms with E-state index in [2.05, 4.69) is 15.6 Å². The van der Waals surface area contributed by atoms with Crippen LogP contribution in [0, 0.1) is 16.8 Å². The average Bonchev–Trinajstić information content (AvgIpc) is 2.94. The maximum Gasteiger partial charge on any atom is 0.330 e. The molecule has 2 aromatic rings. The van der Waals surface area contributed by atoms with Crippen LogP contribution in [-0.2, 0) is 9.53 Å². The molecule has 13 heteroatoms. The number of carbonyl (C=O) groups is 3. The second kappa shape index (κ2) is 13.1. The van der Waals surface area contributed by atoms with Crippen molar-refractivity contribution in [3.05, 3.63) is 82.0 Å². The summed E-state index contributed by atoms with van der Waals surface area (Å²) in [6, 6.07) is 5.51. The van der Waals surface area contributed by atoms with Crippen LogP contribution < -0.4 is 10.6 Å². The number of likely N-dealkylation sites (tertiary alicyclic amines) is 1. The molecule has 0 spiro atoms. The maximum atomic E-state index is 14.2. The summed E-state index contributed by atoms with van der Waals surface area (Å²) in [7, 11) is 1.34. The van der Waals surface area contributed by atoms with Gasteiger partial charge in [-0.05, 0) is 35.4 Å². The number of rotatable bonds is 10. The van der Waals surface area contributed by atoms with E-state index in [0.717, 1.165) is 22.7 Å². The van der Waals surface area contributed by atoms with Gasteiger partial charge in [0.1, 0.15) is 0 Å². The fourth-order valence-corrected chi connectivity index (χ4v) is 5.41. The highest BCUT2D eigenvalue weighted by Crippen LogP contribution is 2.36. The number of benzene rings is 1. The molecule has 2 aliphatic rings. The fraction of sp³-hybridized carbons (Fsp3) is 0.429. The molecule has 1 unspecified atom stereocenters. The lowest BCUT2D eigenvalue weighted by Gasteiger charge is -2.47. The van der Waals surface area contributed by atoms with E-state index in [9.17, 15) is 33.5 Å². The normalized spacial score (nSPS) is 22.8. The lowest BCUT2D eigenvalue weighted by molar-refractivity contribution is -0.886. The van der Waals surface area contributed by atoms with E-state index in [-0.39, 0.29) is 42.4 Å². The van der Waals surface area contributed by atoms with Gasteiger partial charge in [0, 0.05) is 56.4 Å². The number of halogens is 2. The van der Waals surface area contributed by atoms with Gasteiger partial charge in [0.2, 0.25) is 0 Å². The van der Waals surface area contributed by atoms with Crippen molar-refractivity contribution in [2.24, 2.45) is 0 Å². The number of aromatic nitrogens is 1. The molecule has 11 nitrogen and oxygen atoms in total. The van der Waals surface area contributed by atoms with Gasteiger partial charge in [-0.25, -0.2) is 23.3 Å². The van der Waals surface area contributed by atoms with Gasteiger partial charge in [-0.15, -0.1) is 0 Å². The molecule has 4 rings (SSSR count). The number of pyridine rings is 1. The van der Waals surface area contributed by atoms with Crippen molar-refractivity contribution in [3.8, 4) is 0 Å². The van der Waals surface area contributed by atoms with Crippen LogP contribution in [0.25, 0.3) is 0 Å². The minimum Gasteiger partial charge on any atom is -0.633 e. The topological polar surface area (TPSA) is 144 Å². The quantitative estimate of drug-likeness (QED) is 0.223. The third-order valence-corrected chi connectivity index (χ3v) is 7.46. The molecule has 0 bridgehead atoms. The summed E-state index contributed by atoms with van der Waals surface area (Å²) in [5.74, 6) is -3.37. The molecule has 1 saturated heterocycles. The largest absolute Gasteiger partial charge is 0.633 e. The van der Waals surface area contributed by atoms with Crippen LogP contribution in [0.2, 0.25) is 0 Å². The van der Waals surface area contributed by atoms with Crippen LogP contribution in [0.4, 0.5) is 18.4 Å². The number of hydrogen-bond acceptors (Lipinski definition) is 6. The van der Waals surface area contributed by atoms with Crippen LogP contribution in [-0.4, -0.2) is 77.6 Å². The summed E-state index contributed by atoms with van der Waals surface area (Å²) in [6.07, 6.45) is 2.90. The monoisotopic (exact) mass is 573 g/mol. The van der Waals surface area contributed by atoms with E-state index in [0.29, 0.717) is 32.4 Å². The fourth-order valence-electron chi connectivity index (χ4n) is 5.41. The number of hydrogen-bond donors (Lipinski definition) is 3. The Morgan fingerprint density at radius 2 is 1.98 bits per heavy atom. The van der Waals surface area contributed by atoms with Crippen LogP contribution in [0.15, 0.2) is 53.9 Å². The molecular formula is C28H33F2N5O6. The second-order valence-electron chi connectivity index (χ2n) is 10.2. The molecule has 1 fully saturated rings. The number of hydroxylamine groups is 3. The zero-order valence-corrected chi connectivity index (χ0v) is 22.6. The van der Waals surface area contributed by atoms with E-state index in [4.69, 9.17) is 4.74 Å². The number of quaternary nitrogens is 1. The number of amides is 4. The summed E-state index contributed by atoms with van der Waals surface area (Å²) in [5.41, 5.74) is 1.19. The van der Waals surface area contributed by atoms with Gasteiger partial charge < -0.3 is 30.3 Å². The van der Waals surface area contributed by atoms with Crippen molar-refractivity contribution < 1.29 is 37.7 Å². The standard InChI is InChI=1S/C28H33F2N5O6/c1-41-17-24-20(16-25(36)37)26(19-6-7-21(29)22(30)15-19)34(28(39)33-24)27(38)32-11-4-12-35(40)13-8-18(9-14-35)23-5-2-3-10-31-23/h2-3,5-7,10,15,18,26H,4,8-9,11-14,16-17H2,1H3,(H,32,38)(H,33,39)(H,36,37).